The Labute approximate surface area is 170 Å². The smallest absolute Gasteiger partial charge is 0.410 e. The maximum atomic E-state index is 13.1. The van der Waals surface area contributed by atoms with Gasteiger partial charge in [0.15, 0.2) is 14.1 Å². The third-order valence-electron chi connectivity index (χ3n) is 4.54. The van der Waals surface area contributed by atoms with Crippen molar-refractivity contribution >= 4 is 14.4 Å². The van der Waals surface area contributed by atoms with Gasteiger partial charge in [-0.2, -0.15) is 0 Å². The fourth-order valence-corrected chi connectivity index (χ4v) is 5.03. The Morgan fingerprint density at radius 1 is 1.18 bits per heavy atom. The molecule has 28 heavy (non-hydrogen) atoms. The van der Waals surface area contributed by atoms with Crippen LogP contribution in [0.15, 0.2) is 24.3 Å². The summed E-state index contributed by atoms with van der Waals surface area (Å²) in [6.45, 7) is 12.6. The van der Waals surface area contributed by atoms with Crippen LogP contribution in [0, 0.1) is 0 Å². The molecule has 0 aliphatic carbocycles. The molecule has 1 aliphatic rings. The number of piperidine rings is 1. The van der Waals surface area contributed by atoms with Crippen LogP contribution in [0.25, 0.3) is 0 Å². The summed E-state index contributed by atoms with van der Waals surface area (Å²) >= 11 is 0. The second kappa shape index (κ2) is 8.43. The zero-order valence-corrected chi connectivity index (χ0v) is 19.5. The topological polar surface area (TPSA) is 57.2 Å². The summed E-state index contributed by atoms with van der Waals surface area (Å²) in [5, 5.41) is 0. The third-order valence-corrected chi connectivity index (χ3v) is 5.50. The van der Waals surface area contributed by atoms with Crippen molar-refractivity contribution in [1.82, 2.24) is 4.90 Å². The molecule has 1 aliphatic heterocycles. The van der Waals surface area contributed by atoms with Crippen LogP contribution in [0.3, 0.4) is 0 Å². The lowest BCUT2D eigenvalue weighted by Crippen LogP contribution is -2.58. The van der Waals surface area contributed by atoms with Crippen molar-refractivity contribution in [3.05, 3.63) is 29.8 Å². The monoisotopic (exact) mass is 409 g/mol. The molecule has 0 saturated carbocycles. The molecule has 158 valence electrons. The van der Waals surface area contributed by atoms with Crippen LogP contribution in [0.4, 0.5) is 4.79 Å². The van der Waals surface area contributed by atoms with Crippen LogP contribution in [-0.2, 0) is 13.9 Å². The lowest BCUT2D eigenvalue weighted by molar-refractivity contribution is -0.230. The van der Waals surface area contributed by atoms with Crippen molar-refractivity contribution in [1.29, 1.82) is 0 Å². The van der Waals surface area contributed by atoms with Gasteiger partial charge in [0.1, 0.15) is 17.4 Å². The van der Waals surface area contributed by atoms with Gasteiger partial charge in [0.2, 0.25) is 0 Å². The van der Waals surface area contributed by atoms with Gasteiger partial charge in [0.25, 0.3) is 0 Å². The number of para-hydroxylation sites is 1. The molecule has 2 unspecified atom stereocenters. The van der Waals surface area contributed by atoms with Crippen molar-refractivity contribution in [2.75, 3.05) is 20.8 Å². The lowest BCUT2D eigenvalue weighted by atomic mass is 9.88. The minimum atomic E-state index is -2.00. The molecule has 6 nitrogen and oxygen atoms in total. The SMILES string of the molecule is COc1ccccc1C1N(C(=O)OC(C)(C)C)CCCC1(OC)O[Si](C)(C)C. The van der Waals surface area contributed by atoms with Crippen LogP contribution in [0.5, 0.6) is 5.75 Å². The molecule has 2 atom stereocenters. The van der Waals surface area contributed by atoms with E-state index in [9.17, 15) is 4.79 Å². The third kappa shape index (κ3) is 5.27. The zero-order chi connectivity index (χ0) is 21.2. The molecule has 1 fully saturated rings. The van der Waals surface area contributed by atoms with Gasteiger partial charge in [0, 0.05) is 25.6 Å². The number of carbonyl (C=O) groups is 1. The molecule has 0 aromatic heterocycles. The fraction of sp³-hybridized carbons (Fsp3) is 0.667. The van der Waals surface area contributed by atoms with Crippen LogP contribution in [0.1, 0.15) is 45.2 Å². The van der Waals surface area contributed by atoms with Crippen molar-refractivity contribution in [3.63, 3.8) is 0 Å². The minimum Gasteiger partial charge on any atom is -0.496 e. The number of benzene rings is 1. The Hall–Kier alpha value is -1.57. The minimum absolute atomic E-state index is 0.372. The van der Waals surface area contributed by atoms with Crippen molar-refractivity contribution < 1.29 is 23.4 Å². The van der Waals surface area contributed by atoms with Crippen LogP contribution < -0.4 is 4.74 Å². The first-order chi connectivity index (χ1) is 12.9. The summed E-state index contributed by atoms with van der Waals surface area (Å²) in [5.74, 6) is -0.252. The number of amides is 1. The summed E-state index contributed by atoms with van der Waals surface area (Å²) in [5.41, 5.74) is 0.269. The van der Waals surface area contributed by atoms with E-state index in [4.69, 9.17) is 18.6 Å². The average Bonchev–Trinajstić information content (AvgIpc) is 2.58. The van der Waals surface area contributed by atoms with Crippen molar-refractivity contribution in [2.24, 2.45) is 0 Å². The summed E-state index contributed by atoms with van der Waals surface area (Å²) in [7, 11) is 1.29. The highest BCUT2D eigenvalue weighted by atomic mass is 28.4. The first kappa shape index (κ1) is 22.7. The normalized spacial score (nSPS) is 23.4. The zero-order valence-electron chi connectivity index (χ0n) is 18.5. The van der Waals surface area contributed by atoms with Gasteiger partial charge in [-0.1, -0.05) is 18.2 Å². The standard InChI is InChI=1S/C21H35NO5Si/c1-20(2,3)26-19(23)22-15-11-14-21(25-5,27-28(6,7)8)18(22)16-12-9-10-13-17(16)24-4/h9-10,12-13,18H,11,14-15H2,1-8H3. The number of nitrogens with zero attached hydrogens (tertiary/aromatic N) is 1. The fourth-order valence-electron chi connectivity index (χ4n) is 3.69. The molecule has 1 saturated heterocycles. The maximum absolute atomic E-state index is 13.1. The number of ether oxygens (including phenoxy) is 3. The van der Waals surface area contributed by atoms with E-state index in [-0.39, 0.29) is 6.09 Å². The number of likely N-dealkylation sites (tertiary alicyclic amines) is 1. The molecule has 2 rings (SSSR count). The molecule has 1 heterocycles. The van der Waals surface area contributed by atoms with Gasteiger partial charge in [0.05, 0.1) is 7.11 Å². The molecule has 7 heteroatoms. The highest BCUT2D eigenvalue weighted by Crippen LogP contribution is 2.47. The van der Waals surface area contributed by atoms with Gasteiger partial charge < -0.3 is 18.6 Å². The van der Waals surface area contributed by atoms with Crippen LogP contribution in [0.2, 0.25) is 19.6 Å². The van der Waals surface area contributed by atoms with Crippen LogP contribution in [-0.4, -0.2) is 51.5 Å². The van der Waals surface area contributed by atoms with Gasteiger partial charge in [-0.05, 0) is 52.9 Å². The molecular weight excluding hydrogens is 374 g/mol. The summed E-state index contributed by atoms with van der Waals surface area (Å²) in [6, 6.07) is 7.24. The first-order valence-corrected chi connectivity index (χ1v) is 13.2. The summed E-state index contributed by atoms with van der Waals surface area (Å²) in [4.78, 5) is 14.9. The molecule has 1 aromatic carbocycles. The van der Waals surface area contributed by atoms with Gasteiger partial charge >= 0.3 is 6.09 Å². The second-order valence-corrected chi connectivity index (χ2v) is 13.6. The molecule has 0 bridgehead atoms. The van der Waals surface area contributed by atoms with E-state index in [1.54, 1.807) is 19.1 Å². The van der Waals surface area contributed by atoms with Crippen molar-refractivity contribution in [2.45, 2.75) is 70.7 Å². The van der Waals surface area contributed by atoms with E-state index in [0.29, 0.717) is 18.7 Å². The Morgan fingerprint density at radius 2 is 1.82 bits per heavy atom. The van der Waals surface area contributed by atoms with Crippen LogP contribution >= 0.6 is 0 Å². The molecule has 1 aromatic rings. The largest absolute Gasteiger partial charge is 0.496 e. The number of carbonyl (C=O) groups excluding carboxylic acids is 1. The van der Waals surface area contributed by atoms with E-state index in [2.05, 4.69) is 19.6 Å². The summed E-state index contributed by atoms with van der Waals surface area (Å²) < 4.78 is 24.0. The Kier molecular flexibility index (Phi) is 6.84. The molecule has 1 amide bonds. The van der Waals surface area contributed by atoms with Gasteiger partial charge in [-0.25, -0.2) is 4.79 Å². The first-order valence-electron chi connectivity index (χ1n) is 9.80. The maximum Gasteiger partial charge on any atom is 0.410 e. The highest BCUT2D eigenvalue weighted by molar-refractivity contribution is 6.69. The van der Waals surface area contributed by atoms with Gasteiger partial charge in [-0.15, -0.1) is 0 Å². The lowest BCUT2D eigenvalue weighted by Gasteiger charge is -2.51. The van der Waals surface area contributed by atoms with E-state index in [0.717, 1.165) is 12.0 Å². The van der Waals surface area contributed by atoms with E-state index in [1.165, 1.54) is 0 Å². The Bertz CT molecular complexity index is 682. The quantitative estimate of drug-likeness (QED) is 0.508. The molecule has 0 spiro atoms. The average molecular weight is 410 g/mol. The van der Waals surface area contributed by atoms with E-state index < -0.39 is 25.7 Å². The highest BCUT2D eigenvalue weighted by Gasteiger charge is 2.52. The number of hydrogen-bond acceptors (Lipinski definition) is 5. The van der Waals surface area contributed by atoms with E-state index >= 15 is 0 Å². The number of methoxy groups -OCH3 is 2. The summed E-state index contributed by atoms with van der Waals surface area (Å²) in [6.07, 6.45) is 1.09. The molecule has 0 N–H and O–H groups in total. The van der Waals surface area contributed by atoms with Crippen molar-refractivity contribution in [3.8, 4) is 5.75 Å². The Balaban J connectivity index is 2.59. The predicted octanol–water partition coefficient (Wildman–Crippen LogP) is 4.96. The predicted molar refractivity (Wildman–Crippen MR) is 112 cm³/mol. The van der Waals surface area contributed by atoms with E-state index in [1.807, 2.05) is 45.0 Å². The molecular formula is C21H35NO5Si. The number of hydrogen-bond donors (Lipinski definition) is 0. The molecule has 0 radical (unpaired) electrons. The number of rotatable bonds is 5. The van der Waals surface area contributed by atoms with Gasteiger partial charge in [-0.3, -0.25) is 4.90 Å². The second-order valence-electron chi connectivity index (χ2n) is 9.15. The Morgan fingerprint density at radius 3 is 2.36 bits per heavy atom.